The first-order valence-corrected chi connectivity index (χ1v) is 7.75. The van der Waals surface area contributed by atoms with Crippen molar-refractivity contribution in [1.82, 2.24) is 0 Å². The summed E-state index contributed by atoms with van der Waals surface area (Å²) >= 11 is 0. The smallest absolute Gasteiger partial charge is 0.344 e. The van der Waals surface area contributed by atoms with Crippen LogP contribution < -0.4 is 18.9 Å². The van der Waals surface area contributed by atoms with E-state index in [1.807, 2.05) is 0 Å². The van der Waals surface area contributed by atoms with E-state index >= 15 is 0 Å². The second-order valence-electron chi connectivity index (χ2n) is 5.11. The molecule has 7 nitrogen and oxygen atoms in total. The van der Waals surface area contributed by atoms with E-state index in [2.05, 4.69) is 0 Å². The van der Waals surface area contributed by atoms with Gasteiger partial charge in [0.15, 0.2) is 13.2 Å². The molecule has 2 aromatic rings. The fourth-order valence-electron chi connectivity index (χ4n) is 2.11. The summed E-state index contributed by atoms with van der Waals surface area (Å²) in [6.45, 7) is -0.715. The monoisotopic (exact) mass is 360 g/mol. The molecular formula is C19H20O7. The van der Waals surface area contributed by atoms with Gasteiger partial charge in [0.05, 0.1) is 26.9 Å². The quantitative estimate of drug-likeness (QED) is 0.502. The van der Waals surface area contributed by atoms with Crippen LogP contribution in [-0.2, 0) is 9.53 Å². The van der Waals surface area contributed by atoms with E-state index in [0.717, 1.165) is 0 Å². The van der Waals surface area contributed by atoms with Gasteiger partial charge in [-0.2, -0.15) is 0 Å². The van der Waals surface area contributed by atoms with Gasteiger partial charge in [0.25, 0.3) is 0 Å². The van der Waals surface area contributed by atoms with E-state index in [4.69, 9.17) is 23.7 Å². The lowest BCUT2D eigenvalue weighted by Crippen LogP contribution is -2.19. The molecule has 26 heavy (non-hydrogen) atoms. The predicted molar refractivity (Wildman–Crippen MR) is 93.3 cm³/mol. The Kier molecular flexibility index (Phi) is 6.84. The molecule has 0 fully saturated rings. The summed E-state index contributed by atoms with van der Waals surface area (Å²) in [6.07, 6.45) is 0. The summed E-state index contributed by atoms with van der Waals surface area (Å²) in [5.41, 5.74) is 0.303. The van der Waals surface area contributed by atoms with Crippen molar-refractivity contribution < 1.29 is 33.3 Å². The summed E-state index contributed by atoms with van der Waals surface area (Å²) in [4.78, 5) is 24.0. The van der Waals surface area contributed by atoms with Crippen LogP contribution in [0.15, 0.2) is 42.5 Å². The summed E-state index contributed by atoms with van der Waals surface area (Å²) < 4.78 is 25.5. The minimum absolute atomic E-state index is 0.303. The minimum Gasteiger partial charge on any atom is -0.497 e. The number of hydrogen-bond donors (Lipinski definition) is 0. The number of ether oxygens (including phenoxy) is 5. The molecule has 0 unspecified atom stereocenters. The second kappa shape index (κ2) is 9.31. The third-order valence-electron chi connectivity index (χ3n) is 3.49. The van der Waals surface area contributed by atoms with Gasteiger partial charge in [0.1, 0.15) is 23.0 Å². The number of hydrogen-bond acceptors (Lipinski definition) is 7. The summed E-state index contributed by atoms with van der Waals surface area (Å²) in [5.74, 6) is 1.04. The van der Waals surface area contributed by atoms with Crippen LogP contribution in [0.25, 0.3) is 0 Å². The predicted octanol–water partition coefficient (Wildman–Crippen LogP) is 2.52. The van der Waals surface area contributed by atoms with Crippen LogP contribution >= 0.6 is 0 Å². The van der Waals surface area contributed by atoms with Crippen LogP contribution in [0.5, 0.6) is 23.0 Å². The van der Waals surface area contributed by atoms with E-state index in [9.17, 15) is 9.59 Å². The topological polar surface area (TPSA) is 80.3 Å². The molecule has 2 rings (SSSR count). The van der Waals surface area contributed by atoms with Crippen molar-refractivity contribution in [2.24, 2.45) is 0 Å². The molecule has 0 N–H and O–H groups in total. The van der Waals surface area contributed by atoms with Gasteiger partial charge in [0.2, 0.25) is 5.78 Å². The number of Topliss-reactive ketones (excluding diaryl/α,β-unsaturated/α-hetero) is 1. The number of benzene rings is 2. The first kappa shape index (κ1) is 19.1. The van der Waals surface area contributed by atoms with Crippen molar-refractivity contribution in [1.29, 1.82) is 0 Å². The fourth-order valence-corrected chi connectivity index (χ4v) is 2.11. The van der Waals surface area contributed by atoms with E-state index < -0.39 is 12.6 Å². The Morgan fingerprint density at radius 2 is 1.38 bits per heavy atom. The van der Waals surface area contributed by atoms with Crippen molar-refractivity contribution in [3.8, 4) is 23.0 Å². The molecule has 0 amide bonds. The van der Waals surface area contributed by atoms with Crippen molar-refractivity contribution >= 4 is 11.8 Å². The molecule has 138 valence electrons. The Labute approximate surface area is 151 Å². The lowest BCUT2D eigenvalue weighted by Gasteiger charge is -2.10. The molecule has 0 aliphatic carbocycles. The van der Waals surface area contributed by atoms with Crippen LogP contribution in [0.4, 0.5) is 0 Å². The zero-order valence-electron chi connectivity index (χ0n) is 14.8. The molecule has 0 aromatic heterocycles. The SMILES string of the molecule is COc1ccc(OCC(=O)OCC(=O)c2ccc(OC)cc2OC)cc1. The van der Waals surface area contributed by atoms with Crippen molar-refractivity contribution in [2.45, 2.75) is 0 Å². The van der Waals surface area contributed by atoms with Gasteiger partial charge in [-0.15, -0.1) is 0 Å². The largest absolute Gasteiger partial charge is 0.497 e. The fraction of sp³-hybridized carbons (Fsp3) is 0.263. The highest BCUT2D eigenvalue weighted by Crippen LogP contribution is 2.25. The van der Waals surface area contributed by atoms with Gasteiger partial charge in [-0.05, 0) is 36.4 Å². The maximum Gasteiger partial charge on any atom is 0.344 e. The normalized spacial score (nSPS) is 9.96. The number of rotatable bonds is 9. The van der Waals surface area contributed by atoms with Gasteiger partial charge in [-0.1, -0.05) is 0 Å². The Morgan fingerprint density at radius 3 is 2.00 bits per heavy atom. The molecule has 0 saturated carbocycles. The highest BCUT2D eigenvalue weighted by atomic mass is 16.6. The first-order chi connectivity index (χ1) is 12.6. The van der Waals surface area contributed by atoms with Gasteiger partial charge in [-0.25, -0.2) is 4.79 Å². The van der Waals surface area contributed by atoms with Crippen molar-refractivity contribution in [2.75, 3.05) is 34.5 Å². The second-order valence-corrected chi connectivity index (χ2v) is 5.11. The van der Waals surface area contributed by atoms with Crippen LogP contribution in [0, 0.1) is 0 Å². The Balaban J connectivity index is 1.85. The number of carbonyl (C=O) groups is 2. The Bertz CT molecular complexity index is 753. The van der Waals surface area contributed by atoms with E-state index in [0.29, 0.717) is 28.6 Å². The average molecular weight is 360 g/mol. The standard InChI is InChI=1S/C19H20O7/c1-22-13-4-6-14(7-5-13)25-12-19(21)26-11-17(20)16-9-8-15(23-2)10-18(16)24-3/h4-10H,11-12H2,1-3H3. The van der Waals surface area contributed by atoms with Gasteiger partial charge in [-0.3, -0.25) is 4.79 Å². The molecule has 7 heteroatoms. The number of ketones is 1. The number of carbonyl (C=O) groups excluding carboxylic acids is 2. The molecule has 0 atom stereocenters. The molecule has 0 aliphatic heterocycles. The number of esters is 1. The van der Waals surface area contributed by atoms with Crippen molar-refractivity contribution in [3.63, 3.8) is 0 Å². The maximum atomic E-state index is 12.2. The maximum absolute atomic E-state index is 12.2. The third kappa shape index (κ3) is 5.14. The van der Waals surface area contributed by atoms with Crippen molar-refractivity contribution in [3.05, 3.63) is 48.0 Å². The zero-order valence-corrected chi connectivity index (χ0v) is 14.8. The molecule has 2 aromatic carbocycles. The zero-order chi connectivity index (χ0) is 18.9. The summed E-state index contributed by atoms with van der Waals surface area (Å²) in [5, 5.41) is 0. The lowest BCUT2D eigenvalue weighted by atomic mass is 10.1. The van der Waals surface area contributed by atoms with Crippen LogP contribution in [-0.4, -0.2) is 46.3 Å². The molecule has 0 saturated heterocycles. The van der Waals surface area contributed by atoms with Crippen LogP contribution in [0.3, 0.4) is 0 Å². The van der Waals surface area contributed by atoms with Gasteiger partial charge < -0.3 is 23.7 Å². The number of methoxy groups -OCH3 is 3. The molecule has 0 aliphatic rings. The minimum atomic E-state index is -0.651. The van der Waals surface area contributed by atoms with Crippen LogP contribution in [0.2, 0.25) is 0 Å². The molecular weight excluding hydrogens is 340 g/mol. The van der Waals surface area contributed by atoms with E-state index in [1.54, 1.807) is 49.6 Å². The lowest BCUT2D eigenvalue weighted by molar-refractivity contribution is -0.144. The van der Waals surface area contributed by atoms with Crippen LogP contribution in [0.1, 0.15) is 10.4 Å². The van der Waals surface area contributed by atoms with Gasteiger partial charge >= 0.3 is 5.97 Å². The summed E-state index contributed by atoms with van der Waals surface area (Å²) in [7, 11) is 4.52. The molecule has 0 radical (unpaired) electrons. The molecule has 0 bridgehead atoms. The average Bonchev–Trinajstić information content (AvgIpc) is 2.70. The Hall–Kier alpha value is -3.22. The third-order valence-corrected chi connectivity index (χ3v) is 3.49. The first-order valence-electron chi connectivity index (χ1n) is 7.75. The van der Waals surface area contributed by atoms with E-state index in [-0.39, 0.29) is 12.4 Å². The summed E-state index contributed by atoms with van der Waals surface area (Å²) in [6, 6.07) is 11.5. The highest BCUT2D eigenvalue weighted by molar-refractivity contribution is 6.00. The Morgan fingerprint density at radius 1 is 0.769 bits per heavy atom. The van der Waals surface area contributed by atoms with E-state index in [1.165, 1.54) is 14.2 Å². The van der Waals surface area contributed by atoms with Gasteiger partial charge in [0, 0.05) is 6.07 Å². The molecule has 0 heterocycles. The highest BCUT2D eigenvalue weighted by Gasteiger charge is 2.16. The molecule has 0 spiro atoms.